The van der Waals surface area contributed by atoms with Crippen molar-refractivity contribution in [2.24, 2.45) is 0 Å². The van der Waals surface area contributed by atoms with Crippen molar-refractivity contribution in [1.29, 1.82) is 0 Å². The van der Waals surface area contributed by atoms with Crippen LogP contribution in [0.2, 0.25) is 0 Å². The fraction of sp³-hybridized carbons (Fsp3) is 0.200. The molecule has 29 heavy (non-hydrogen) atoms. The van der Waals surface area contributed by atoms with E-state index in [-0.39, 0.29) is 35.8 Å². The molecule has 0 N–H and O–H groups in total. The molecule has 2 aromatic heterocycles. The minimum atomic E-state index is -0.624. The Morgan fingerprint density at radius 2 is 1.90 bits per heavy atom. The van der Waals surface area contributed by atoms with Gasteiger partial charge in [0.05, 0.1) is 50.3 Å². The number of furan rings is 1. The predicted molar refractivity (Wildman–Crippen MR) is 103 cm³/mol. The smallest absolute Gasteiger partial charge is 0.286 e. The molecule has 3 rings (SSSR count). The first-order chi connectivity index (χ1) is 14.0. The normalized spacial score (nSPS) is 10.4. The molecule has 9 heteroatoms. The van der Waals surface area contributed by atoms with Crippen molar-refractivity contribution < 1.29 is 23.6 Å². The summed E-state index contributed by atoms with van der Waals surface area (Å²) < 4.78 is 15.7. The Labute approximate surface area is 166 Å². The zero-order valence-electron chi connectivity index (χ0n) is 15.9. The van der Waals surface area contributed by atoms with Crippen LogP contribution in [0.15, 0.2) is 59.3 Å². The van der Waals surface area contributed by atoms with Crippen LogP contribution >= 0.6 is 0 Å². The second-order valence-electron chi connectivity index (χ2n) is 6.04. The fourth-order valence-electron chi connectivity index (χ4n) is 2.84. The van der Waals surface area contributed by atoms with Crippen LogP contribution in [0.1, 0.15) is 21.8 Å². The lowest BCUT2D eigenvalue weighted by Gasteiger charge is -2.22. The van der Waals surface area contributed by atoms with Gasteiger partial charge in [-0.1, -0.05) is 6.07 Å². The Morgan fingerprint density at radius 3 is 2.48 bits per heavy atom. The van der Waals surface area contributed by atoms with E-state index in [4.69, 9.17) is 13.9 Å². The Morgan fingerprint density at radius 1 is 1.14 bits per heavy atom. The molecule has 0 aliphatic carbocycles. The van der Waals surface area contributed by atoms with Gasteiger partial charge < -0.3 is 18.8 Å². The van der Waals surface area contributed by atoms with Crippen LogP contribution in [0.3, 0.4) is 0 Å². The van der Waals surface area contributed by atoms with E-state index in [1.807, 2.05) is 0 Å². The van der Waals surface area contributed by atoms with Gasteiger partial charge in [0.25, 0.3) is 11.6 Å². The molecule has 0 bridgehead atoms. The molecule has 0 spiro atoms. The molecular formula is C20H19N3O6. The highest BCUT2D eigenvalue weighted by Gasteiger charge is 2.28. The van der Waals surface area contributed by atoms with E-state index in [1.165, 1.54) is 37.5 Å². The number of ether oxygens (including phenoxy) is 2. The van der Waals surface area contributed by atoms with Gasteiger partial charge in [-0.3, -0.25) is 19.9 Å². The lowest BCUT2D eigenvalue weighted by Crippen LogP contribution is -2.31. The number of carbonyl (C=O) groups excluding carboxylic acids is 1. The molecular weight excluding hydrogens is 378 g/mol. The minimum absolute atomic E-state index is 0.116. The van der Waals surface area contributed by atoms with Gasteiger partial charge in [-0.15, -0.1) is 0 Å². The molecule has 0 atom stereocenters. The number of methoxy groups -OCH3 is 2. The van der Waals surface area contributed by atoms with Crippen molar-refractivity contribution in [1.82, 2.24) is 9.88 Å². The lowest BCUT2D eigenvalue weighted by atomic mass is 10.1. The number of nitrogens with zero attached hydrogens (tertiary/aromatic N) is 3. The first-order valence-electron chi connectivity index (χ1n) is 8.65. The average Bonchev–Trinajstić information content (AvgIpc) is 3.25. The number of pyridine rings is 1. The van der Waals surface area contributed by atoms with Crippen LogP contribution in [-0.4, -0.2) is 34.9 Å². The minimum Gasteiger partial charge on any atom is -0.493 e. The summed E-state index contributed by atoms with van der Waals surface area (Å²) in [6.45, 7) is 0.264. The maximum atomic E-state index is 13.3. The number of aromatic nitrogens is 1. The third-order valence-corrected chi connectivity index (χ3v) is 4.22. The molecule has 0 fully saturated rings. The number of rotatable bonds is 8. The van der Waals surface area contributed by atoms with Gasteiger partial charge >= 0.3 is 0 Å². The van der Waals surface area contributed by atoms with Gasteiger partial charge in [-0.2, -0.15) is 0 Å². The summed E-state index contributed by atoms with van der Waals surface area (Å²) in [5, 5.41) is 11.6. The SMILES string of the molecule is COc1cc(C(=O)N(Cc2ccccn2)Cc2ccco2)c([N+](=O)[O-])cc1OC. The highest BCUT2D eigenvalue weighted by atomic mass is 16.6. The zero-order valence-corrected chi connectivity index (χ0v) is 15.9. The second-order valence-corrected chi connectivity index (χ2v) is 6.04. The van der Waals surface area contributed by atoms with E-state index < -0.39 is 10.8 Å². The summed E-state index contributed by atoms with van der Waals surface area (Å²) in [5.74, 6) is 0.368. The number of hydrogen-bond acceptors (Lipinski definition) is 7. The second kappa shape index (κ2) is 8.87. The Balaban J connectivity index is 2.03. The largest absolute Gasteiger partial charge is 0.493 e. The summed E-state index contributed by atoms with van der Waals surface area (Å²) in [7, 11) is 2.76. The molecule has 0 radical (unpaired) electrons. The van der Waals surface area contributed by atoms with Crippen LogP contribution in [0.4, 0.5) is 5.69 Å². The van der Waals surface area contributed by atoms with Gasteiger partial charge in [-0.05, 0) is 24.3 Å². The van der Waals surface area contributed by atoms with Gasteiger partial charge in [0, 0.05) is 12.3 Å². The van der Waals surface area contributed by atoms with E-state index in [9.17, 15) is 14.9 Å². The summed E-state index contributed by atoms with van der Waals surface area (Å²) in [6.07, 6.45) is 3.11. The Kier molecular flexibility index (Phi) is 6.08. The first kappa shape index (κ1) is 19.9. The van der Waals surface area contributed by atoms with Crippen molar-refractivity contribution in [3.8, 4) is 11.5 Å². The van der Waals surface area contributed by atoms with E-state index >= 15 is 0 Å². The molecule has 0 aliphatic rings. The van der Waals surface area contributed by atoms with E-state index in [1.54, 1.807) is 36.5 Å². The van der Waals surface area contributed by atoms with Crippen LogP contribution < -0.4 is 9.47 Å². The average molecular weight is 397 g/mol. The number of amides is 1. The first-order valence-corrected chi connectivity index (χ1v) is 8.65. The monoisotopic (exact) mass is 397 g/mol. The van der Waals surface area contributed by atoms with Crippen LogP contribution in [0.25, 0.3) is 0 Å². The van der Waals surface area contributed by atoms with Crippen molar-refractivity contribution >= 4 is 11.6 Å². The van der Waals surface area contributed by atoms with E-state index in [0.29, 0.717) is 11.5 Å². The topological polar surface area (TPSA) is 108 Å². The summed E-state index contributed by atoms with van der Waals surface area (Å²) in [5.41, 5.74) is 0.142. The Hall–Kier alpha value is -3.88. The van der Waals surface area contributed by atoms with Gasteiger partial charge in [0.1, 0.15) is 11.3 Å². The molecule has 9 nitrogen and oxygen atoms in total. The molecule has 0 unspecified atom stereocenters. The number of benzene rings is 1. The van der Waals surface area contributed by atoms with Crippen molar-refractivity contribution in [2.75, 3.05) is 14.2 Å². The summed E-state index contributed by atoms with van der Waals surface area (Å²) in [4.78, 5) is 30.0. The van der Waals surface area contributed by atoms with Gasteiger partial charge in [0.15, 0.2) is 11.5 Å². The van der Waals surface area contributed by atoms with Crippen LogP contribution in [-0.2, 0) is 13.1 Å². The third-order valence-electron chi connectivity index (χ3n) is 4.22. The van der Waals surface area contributed by atoms with Crippen molar-refractivity contribution in [3.63, 3.8) is 0 Å². The Bertz CT molecular complexity index is 989. The lowest BCUT2D eigenvalue weighted by molar-refractivity contribution is -0.385. The zero-order chi connectivity index (χ0) is 20.8. The molecule has 0 aliphatic heterocycles. The van der Waals surface area contributed by atoms with Gasteiger partial charge in [0.2, 0.25) is 0 Å². The number of nitro benzene ring substituents is 1. The standard InChI is InChI=1S/C20H19N3O6/c1-27-18-10-16(17(23(25)26)11-19(18)28-2)20(24)22(13-15-7-5-9-29-15)12-14-6-3-4-8-21-14/h3-11H,12-13H2,1-2H3. The van der Waals surface area contributed by atoms with Crippen LogP contribution in [0, 0.1) is 10.1 Å². The number of nitro groups is 1. The highest BCUT2D eigenvalue weighted by Crippen LogP contribution is 2.35. The van der Waals surface area contributed by atoms with Crippen LogP contribution in [0.5, 0.6) is 11.5 Å². The summed E-state index contributed by atoms with van der Waals surface area (Å²) in [6, 6.07) is 11.3. The quantitative estimate of drug-likeness (QED) is 0.423. The molecule has 3 aromatic rings. The third kappa shape index (κ3) is 4.52. The van der Waals surface area contributed by atoms with E-state index in [0.717, 1.165) is 0 Å². The maximum absolute atomic E-state index is 13.3. The summed E-state index contributed by atoms with van der Waals surface area (Å²) >= 11 is 0. The van der Waals surface area contributed by atoms with Crippen molar-refractivity contribution in [3.05, 3.63) is 82.1 Å². The molecule has 2 heterocycles. The van der Waals surface area contributed by atoms with Gasteiger partial charge in [-0.25, -0.2) is 0 Å². The number of carbonyl (C=O) groups is 1. The van der Waals surface area contributed by atoms with E-state index in [2.05, 4.69) is 4.98 Å². The molecule has 150 valence electrons. The highest BCUT2D eigenvalue weighted by molar-refractivity contribution is 5.99. The molecule has 1 amide bonds. The fourth-order valence-corrected chi connectivity index (χ4v) is 2.84. The molecule has 0 saturated carbocycles. The number of hydrogen-bond donors (Lipinski definition) is 0. The van der Waals surface area contributed by atoms with Crippen molar-refractivity contribution in [2.45, 2.75) is 13.1 Å². The molecule has 0 saturated heterocycles. The maximum Gasteiger partial charge on any atom is 0.286 e. The predicted octanol–water partition coefficient (Wildman–Crippen LogP) is 3.44. The molecule has 1 aromatic carbocycles.